The number of rotatable bonds is 7. The Morgan fingerprint density at radius 2 is 2.18 bits per heavy atom. The third-order valence-electron chi connectivity index (χ3n) is 3.56. The molecule has 2 amide bonds. The molecule has 1 fully saturated rings. The van der Waals surface area contributed by atoms with Gasteiger partial charge in [-0.3, -0.25) is 0 Å². The molecular formula is C14H24N4O4. The summed E-state index contributed by atoms with van der Waals surface area (Å²) in [5.74, 6) is 1.25. The summed E-state index contributed by atoms with van der Waals surface area (Å²) >= 11 is 0. The van der Waals surface area contributed by atoms with Crippen LogP contribution in [-0.2, 0) is 15.9 Å². The quantitative estimate of drug-likeness (QED) is 0.748. The minimum Gasteiger partial charge on any atom is -0.383 e. The van der Waals surface area contributed by atoms with Crippen LogP contribution in [0.25, 0.3) is 0 Å². The van der Waals surface area contributed by atoms with Crippen LogP contribution in [0.5, 0.6) is 0 Å². The molecule has 1 aromatic rings. The van der Waals surface area contributed by atoms with Crippen LogP contribution < -0.4 is 5.32 Å². The molecule has 1 aliphatic heterocycles. The number of ether oxygens (including phenoxy) is 2. The van der Waals surface area contributed by atoms with Gasteiger partial charge in [-0.2, -0.15) is 4.98 Å². The number of aryl methyl sites for hydroxylation is 1. The second-order valence-electron chi connectivity index (χ2n) is 5.26. The summed E-state index contributed by atoms with van der Waals surface area (Å²) < 4.78 is 15.6. The summed E-state index contributed by atoms with van der Waals surface area (Å²) in [6, 6.07) is -0.0298. The molecule has 0 radical (unpaired) electrons. The third-order valence-corrected chi connectivity index (χ3v) is 3.56. The molecule has 0 spiro atoms. The Kier molecular flexibility index (Phi) is 6.60. The summed E-state index contributed by atoms with van der Waals surface area (Å²) in [6.07, 6.45) is 2.54. The lowest BCUT2D eigenvalue weighted by Crippen LogP contribution is -2.46. The summed E-state index contributed by atoms with van der Waals surface area (Å²) in [5, 5.41) is 6.66. The first-order chi connectivity index (χ1) is 10.7. The van der Waals surface area contributed by atoms with Crippen molar-refractivity contribution in [3.8, 4) is 0 Å². The lowest BCUT2D eigenvalue weighted by atomic mass is 10.1. The largest absolute Gasteiger partial charge is 0.383 e. The second-order valence-corrected chi connectivity index (χ2v) is 5.26. The molecule has 8 nitrogen and oxygen atoms in total. The van der Waals surface area contributed by atoms with E-state index >= 15 is 0 Å². The summed E-state index contributed by atoms with van der Waals surface area (Å²) in [5.41, 5.74) is 0. The van der Waals surface area contributed by atoms with Gasteiger partial charge in [0, 0.05) is 40.1 Å². The fourth-order valence-electron chi connectivity index (χ4n) is 2.36. The Balaban J connectivity index is 1.59. The van der Waals surface area contributed by atoms with Gasteiger partial charge in [0.25, 0.3) is 0 Å². The van der Waals surface area contributed by atoms with Gasteiger partial charge in [-0.15, -0.1) is 0 Å². The maximum Gasteiger partial charge on any atom is 0.317 e. The topological polar surface area (TPSA) is 89.7 Å². The molecule has 1 saturated heterocycles. The molecule has 1 aromatic heterocycles. The van der Waals surface area contributed by atoms with E-state index in [0.717, 1.165) is 12.8 Å². The summed E-state index contributed by atoms with van der Waals surface area (Å²) in [4.78, 5) is 17.8. The average Bonchev–Trinajstić information content (AvgIpc) is 2.93. The molecule has 0 bridgehead atoms. The molecule has 22 heavy (non-hydrogen) atoms. The van der Waals surface area contributed by atoms with Crippen molar-refractivity contribution in [1.82, 2.24) is 20.4 Å². The standard InChI is InChI=1S/C14H24N4O4/c1-11-16-13(17-22-11)5-9-21-12-3-7-18(8-4-12)14(19)15-6-10-20-2/h12H,3-10H2,1-2H3,(H,15,19). The van der Waals surface area contributed by atoms with Crippen LogP contribution in [0, 0.1) is 6.92 Å². The Hall–Kier alpha value is -1.67. The van der Waals surface area contributed by atoms with Crippen molar-refractivity contribution in [3.63, 3.8) is 0 Å². The SMILES string of the molecule is COCCNC(=O)N1CCC(OCCc2noc(C)n2)CC1. The number of aromatic nitrogens is 2. The predicted octanol–water partition coefficient (Wildman–Crippen LogP) is 0.758. The molecule has 124 valence electrons. The fraction of sp³-hybridized carbons (Fsp3) is 0.786. The normalized spacial score (nSPS) is 16.0. The number of nitrogens with zero attached hydrogens (tertiary/aromatic N) is 3. The van der Waals surface area contributed by atoms with Crippen LogP contribution in [-0.4, -0.2) is 67.1 Å². The summed E-state index contributed by atoms with van der Waals surface area (Å²) in [6.45, 7) is 4.83. The van der Waals surface area contributed by atoms with E-state index in [-0.39, 0.29) is 12.1 Å². The van der Waals surface area contributed by atoms with Crippen molar-refractivity contribution in [2.75, 3.05) is 40.0 Å². The van der Waals surface area contributed by atoms with Gasteiger partial charge in [-0.05, 0) is 12.8 Å². The Morgan fingerprint density at radius 1 is 1.41 bits per heavy atom. The molecule has 0 unspecified atom stereocenters. The zero-order valence-electron chi connectivity index (χ0n) is 13.2. The molecule has 8 heteroatoms. The molecule has 2 rings (SSSR count). The van der Waals surface area contributed by atoms with Crippen LogP contribution in [0.2, 0.25) is 0 Å². The van der Waals surface area contributed by atoms with Gasteiger partial charge in [0.2, 0.25) is 5.89 Å². The van der Waals surface area contributed by atoms with Crippen LogP contribution in [0.3, 0.4) is 0 Å². The predicted molar refractivity (Wildman–Crippen MR) is 78.6 cm³/mol. The van der Waals surface area contributed by atoms with Gasteiger partial charge in [-0.1, -0.05) is 5.16 Å². The van der Waals surface area contributed by atoms with Gasteiger partial charge in [-0.25, -0.2) is 4.79 Å². The van der Waals surface area contributed by atoms with E-state index in [9.17, 15) is 4.79 Å². The number of carbonyl (C=O) groups excluding carboxylic acids is 1. The number of likely N-dealkylation sites (tertiary alicyclic amines) is 1. The molecule has 0 aliphatic carbocycles. The number of carbonyl (C=O) groups is 1. The first-order valence-corrected chi connectivity index (χ1v) is 7.61. The minimum absolute atomic E-state index is 0.0298. The number of hydrogen-bond donors (Lipinski definition) is 1. The number of hydrogen-bond acceptors (Lipinski definition) is 6. The zero-order chi connectivity index (χ0) is 15.8. The lowest BCUT2D eigenvalue weighted by molar-refractivity contribution is 0.0157. The van der Waals surface area contributed by atoms with Crippen LogP contribution in [0.15, 0.2) is 4.52 Å². The van der Waals surface area contributed by atoms with E-state index in [1.807, 2.05) is 4.90 Å². The lowest BCUT2D eigenvalue weighted by Gasteiger charge is -2.31. The van der Waals surface area contributed by atoms with Crippen molar-refractivity contribution in [2.45, 2.75) is 32.3 Å². The van der Waals surface area contributed by atoms with E-state index in [1.165, 1.54) is 0 Å². The number of urea groups is 1. The van der Waals surface area contributed by atoms with Crippen molar-refractivity contribution >= 4 is 6.03 Å². The van der Waals surface area contributed by atoms with Crippen LogP contribution in [0.4, 0.5) is 4.79 Å². The number of nitrogens with one attached hydrogen (secondary N) is 1. The molecule has 0 saturated carbocycles. The van der Waals surface area contributed by atoms with Crippen molar-refractivity contribution in [2.24, 2.45) is 0 Å². The molecule has 1 N–H and O–H groups in total. The van der Waals surface area contributed by atoms with Crippen LogP contribution >= 0.6 is 0 Å². The number of methoxy groups -OCH3 is 1. The highest BCUT2D eigenvalue weighted by atomic mass is 16.5. The Labute approximate surface area is 130 Å². The fourth-order valence-corrected chi connectivity index (χ4v) is 2.36. The maximum absolute atomic E-state index is 11.9. The maximum atomic E-state index is 11.9. The smallest absolute Gasteiger partial charge is 0.317 e. The first kappa shape index (κ1) is 16.7. The van der Waals surface area contributed by atoms with Crippen LogP contribution in [0.1, 0.15) is 24.6 Å². The zero-order valence-corrected chi connectivity index (χ0v) is 13.2. The van der Waals surface area contributed by atoms with Crippen molar-refractivity contribution in [3.05, 3.63) is 11.7 Å². The Morgan fingerprint density at radius 3 is 2.82 bits per heavy atom. The van der Waals surface area contributed by atoms with Gasteiger partial charge in [0.05, 0.1) is 19.3 Å². The molecule has 2 heterocycles. The van der Waals surface area contributed by atoms with Gasteiger partial charge >= 0.3 is 6.03 Å². The number of piperidine rings is 1. The van der Waals surface area contributed by atoms with Gasteiger partial charge < -0.3 is 24.2 Å². The highest BCUT2D eigenvalue weighted by Crippen LogP contribution is 2.14. The van der Waals surface area contributed by atoms with E-state index in [4.69, 9.17) is 14.0 Å². The van der Waals surface area contributed by atoms with Gasteiger partial charge in [0.15, 0.2) is 5.82 Å². The Bertz CT molecular complexity index is 457. The first-order valence-electron chi connectivity index (χ1n) is 7.61. The molecule has 0 aromatic carbocycles. The summed E-state index contributed by atoms with van der Waals surface area (Å²) in [7, 11) is 1.62. The molecular weight excluding hydrogens is 288 g/mol. The van der Waals surface area contributed by atoms with Crippen molar-refractivity contribution < 1.29 is 18.8 Å². The molecule has 1 aliphatic rings. The number of amides is 2. The van der Waals surface area contributed by atoms with E-state index in [0.29, 0.717) is 51.0 Å². The van der Waals surface area contributed by atoms with E-state index < -0.39 is 0 Å². The van der Waals surface area contributed by atoms with Crippen molar-refractivity contribution in [1.29, 1.82) is 0 Å². The monoisotopic (exact) mass is 312 g/mol. The second kappa shape index (κ2) is 8.70. The van der Waals surface area contributed by atoms with Gasteiger partial charge in [0.1, 0.15) is 0 Å². The third kappa shape index (κ3) is 5.27. The average molecular weight is 312 g/mol. The van der Waals surface area contributed by atoms with E-state index in [2.05, 4.69) is 15.5 Å². The highest BCUT2D eigenvalue weighted by Gasteiger charge is 2.22. The molecule has 0 atom stereocenters. The highest BCUT2D eigenvalue weighted by molar-refractivity contribution is 5.74. The van der Waals surface area contributed by atoms with E-state index in [1.54, 1.807) is 14.0 Å². The minimum atomic E-state index is -0.0298.